The zero-order valence-electron chi connectivity index (χ0n) is 12.9. The summed E-state index contributed by atoms with van der Waals surface area (Å²) in [6.07, 6.45) is 5.64. The summed E-state index contributed by atoms with van der Waals surface area (Å²) in [5.41, 5.74) is 1.14. The second kappa shape index (κ2) is 6.01. The van der Waals surface area contributed by atoms with Crippen LogP contribution in [-0.4, -0.2) is 27.9 Å². The summed E-state index contributed by atoms with van der Waals surface area (Å²) in [4.78, 5) is 12.0. The lowest BCUT2D eigenvalue weighted by atomic mass is 10.0. The number of nitrogens with zero attached hydrogens (tertiary/aromatic N) is 1. The number of carbonyl (C=O) groups excluding carboxylic acids is 1. The standard InChI is InChI=1S/C17H23N3O2/c1-2-20-10-7-13-5-6-14(11-15(13)20)19-16(21)18-12-17(22)8-3-4-9-17/h5-7,10-11,22H,2-4,8-9,12H2,1H3,(H2,18,19,21). The van der Waals surface area contributed by atoms with E-state index in [4.69, 9.17) is 0 Å². The number of amides is 2. The number of aryl methyl sites for hydroxylation is 1. The van der Waals surface area contributed by atoms with Crippen LogP contribution in [0.15, 0.2) is 30.5 Å². The highest BCUT2D eigenvalue weighted by Crippen LogP contribution is 2.28. The van der Waals surface area contributed by atoms with Crippen molar-refractivity contribution in [3.05, 3.63) is 30.5 Å². The number of urea groups is 1. The molecule has 1 saturated carbocycles. The molecular weight excluding hydrogens is 278 g/mol. The van der Waals surface area contributed by atoms with Gasteiger partial charge in [0.15, 0.2) is 0 Å². The Hall–Kier alpha value is -2.01. The van der Waals surface area contributed by atoms with Gasteiger partial charge in [-0.05, 0) is 43.4 Å². The van der Waals surface area contributed by atoms with E-state index in [0.29, 0.717) is 6.54 Å². The lowest BCUT2D eigenvalue weighted by molar-refractivity contribution is 0.0506. The third-order valence-corrected chi connectivity index (χ3v) is 4.48. The molecular formula is C17H23N3O2. The van der Waals surface area contributed by atoms with Crippen molar-refractivity contribution in [3.63, 3.8) is 0 Å². The average molecular weight is 301 g/mol. The number of aliphatic hydroxyl groups is 1. The van der Waals surface area contributed by atoms with Gasteiger partial charge in [0.05, 0.1) is 11.1 Å². The van der Waals surface area contributed by atoms with Crippen molar-refractivity contribution in [1.29, 1.82) is 0 Å². The highest BCUT2D eigenvalue weighted by Gasteiger charge is 2.31. The number of nitrogens with one attached hydrogen (secondary N) is 2. The van der Waals surface area contributed by atoms with Gasteiger partial charge >= 0.3 is 6.03 Å². The molecule has 0 saturated heterocycles. The van der Waals surface area contributed by atoms with Gasteiger partial charge < -0.3 is 20.3 Å². The molecule has 1 aromatic heterocycles. The summed E-state index contributed by atoms with van der Waals surface area (Å²) in [6.45, 7) is 3.30. The Morgan fingerprint density at radius 3 is 2.82 bits per heavy atom. The molecule has 0 atom stereocenters. The lowest BCUT2D eigenvalue weighted by Gasteiger charge is -2.22. The minimum atomic E-state index is -0.724. The first-order chi connectivity index (χ1) is 10.6. The number of hydrogen-bond donors (Lipinski definition) is 3. The van der Waals surface area contributed by atoms with Crippen LogP contribution in [0.5, 0.6) is 0 Å². The van der Waals surface area contributed by atoms with E-state index in [2.05, 4.69) is 28.2 Å². The molecule has 0 spiro atoms. The summed E-state index contributed by atoms with van der Waals surface area (Å²) in [7, 11) is 0. The first-order valence-electron chi connectivity index (χ1n) is 7.96. The van der Waals surface area contributed by atoms with Crippen molar-refractivity contribution < 1.29 is 9.90 Å². The Labute approximate surface area is 130 Å². The normalized spacial score (nSPS) is 16.8. The summed E-state index contributed by atoms with van der Waals surface area (Å²) >= 11 is 0. The minimum absolute atomic E-state index is 0.269. The van der Waals surface area contributed by atoms with Crippen molar-refractivity contribution in [1.82, 2.24) is 9.88 Å². The van der Waals surface area contributed by atoms with E-state index in [1.807, 2.05) is 24.4 Å². The largest absolute Gasteiger partial charge is 0.388 e. The first kappa shape index (κ1) is 14.9. The Bertz CT molecular complexity index is 672. The van der Waals surface area contributed by atoms with Crippen molar-refractivity contribution in [3.8, 4) is 0 Å². The fourth-order valence-corrected chi connectivity index (χ4v) is 3.17. The SMILES string of the molecule is CCn1ccc2ccc(NC(=O)NCC3(O)CCCC3)cc21. The lowest BCUT2D eigenvalue weighted by Crippen LogP contribution is -2.42. The molecule has 3 N–H and O–H groups in total. The molecule has 1 aliphatic rings. The van der Waals surface area contributed by atoms with E-state index in [1.54, 1.807) is 0 Å². The van der Waals surface area contributed by atoms with Gasteiger partial charge in [0.25, 0.3) is 0 Å². The zero-order chi connectivity index (χ0) is 15.6. The van der Waals surface area contributed by atoms with Crippen LogP contribution in [0.2, 0.25) is 0 Å². The van der Waals surface area contributed by atoms with Crippen LogP contribution in [-0.2, 0) is 6.54 Å². The van der Waals surface area contributed by atoms with Crippen molar-refractivity contribution >= 4 is 22.6 Å². The molecule has 1 fully saturated rings. The van der Waals surface area contributed by atoms with Crippen LogP contribution in [0.3, 0.4) is 0 Å². The number of anilines is 1. The predicted molar refractivity (Wildman–Crippen MR) is 88.1 cm³/mol. The number of hydrogen-bond acceptors (Lipinski definition) is 2. The zero-order valence-corrected chi connectivity index (χ0v) is 12.9. The van der Waals surface area contributed by atoms with Crippen LogP contribution < -0.4 is 10.6 Å². The molecule has 3 rings (SSSR count). The van der Waals surface area contributed by atoms with E-state index in [9.17, 15) is 9.90 Å². The van der Waals surface area contributed by atoms with E-state index >= 15 is 0 Å². The number of carbonyl (C=O) groups is 1. The second-order valence-corrected chi connectivity index (χ2v) is 6.11. The fourth-order valence-electron chi connectivity index (χ4n) is 3.17. The Balaban J connectivity index is 1.63. The van der Waals surface area contributed by atoms with Crippen LogP contribution in [0.4, 0.5) is 10.5 Å². The molecule has 5 heteroatoms. The average Bonchev–Trinajstić information content (AvgIpc) is 3.11. The molecule has 1 aromatic carbocycles. The number of aromatic nitrogens is 1. The molecule has 0 aliphatic heterocycles. The summed E-state index contributed by atoms with van der Waals surface area (Å²) in [5.74, 6) is 0. The second-order valence-electron chi connectivity index (χ2n) is 6.11. The maximum absolute atomic E-state index is 12.0. The third-order valence-electron chi connectivity index (χ3n) is 4.48. The van der Waals surface area contributed by atoms with Gasteiger partial charge in [0.2, 0.25) is 0 Å². The van der Waals surface area contributed by atoms with Crippen molar-refractivity contribution in [2.45, 2.75) is 44.8 Å². The van der Waals surface area contributed by atoms with E-state index in [-0.39, 0.29) is 6.03 Å². The predicted octanol–water partition coefficient (Wildman–Crippen LogP) is 3.09. The highest BCUT2D eigenvalue weighted by atomic mass is 16.3. The molecule has 2 aromatic rings. The monoisotopic (exact) mass is 301 g/mol. The number of benzene rings is 1. The number of fused-ring (bicyclic) bond motifs is 1. The molecule has 1 heterocycles. The van der Waals surface area contributed by atoms with E-state index < -0.39 is 5.60 Å². The summed E-state index contributed by atoms with van der Waals surface area (Å²) in [5, 5.41) is 17.0. The van der Waals surface area contributed by atoms with Crippen molar-refractivity contribution in [2.75, 3.05) is 11.9 Å². The quantitative estimate of drug-likeness (QED) is 0.812. The van der Waals surface area contributed by atoms with Crippen LogP contribution in [0, 0.1) is 0 Å². The Morgan fingerprint density at radius 1 is 1.32 bits per heavy atom. The number of rotatable bonds is 4. The molecule has 0 radical (unpaired) electrons. The Morgan fingerprint density at radius 2 is 2.09 bits per heavy atom. The van der Waals surface area contributed by atoms with Gasteiger partial charge in [-0.1, -0.05) is 18.9 Å². The summed E-state index contributed by atoms with van der Waals surface area (Å²) < 4.78 is 2.14. The molecule has 118 valence electrons. The van der Waals surface area contributed by atoms with Crippen molar-refractivity contribution in [2.24, 2.45) is 0 Å². The van der Waals surface area contributed by atoms with Crippen LogP contribution >= 0.6 is 0 Å². The maximum Gasteiger partial charge on any atom is 0.319 e. The van der Waals surface area contributed by atoms with Gasteiger partial charge in [-0.25, -0.2) is 4.79 Å². The summed E-state index contributed by atoms with van der Waals surface area (Å²) in [6, 6.07) is 7.67. The molecule has 22 heavy (non-hydrogen) atoms. The van der Waals surface area contributed by atoms with E-state index in [1.165, 1.54) is 0 Å². The van der Waals surface area contributed by atoms with Gasteiger partial charge in [-0.2, -0.15) is 0 Å². The van der Waals surface area contributed by atoms with Crippen LogP contribution in [0.25, 0.3) is 10.9 Å². The Kier molecular flexibility index (Phi) is 4.07. The molecule has 2 amide bonds. The van der Waals surface area contributed by atoms with Crippen LogP contribution in [0.1, 0.15) is 32.6 Å². The molecule has 0 bridgehead atoms. The molecule has 1 aliphatic carbocycles. The minimum Gasteiger partial charge on any atom is -0.388 e. The smallest absolute Gasteiger partial charge is 0.319 e. The molecule has 0 unspecified atom stereocenters. The fraction of sp³-hybridized carbons (Fsp3) is 0.471. The van der Waals surface area contributed by atoms with Gasteiger partial charge in [-0.15, -0.1) is 0 Å². The first-order valence-corrected chi connectivity index (χ1v) is 7.96. The van der Waals surface area contributed by atoms with E-state index in [0.717, 1.165) is 48.8 Å². The maximum atomic E-state index is 12.0. The topological polar surface area (TPSA) is 66.3 Å². The van der Waals surface area contributed by atoms with Gasteiger partial charge in [0.1, 0.15) is 0 Å². The highest BCUT2D eigenvalue weighted by molar-refractivity contribution is 5.92. The van der Waals surface area contributed by atoms with Gasteiger partial charge in [-0.3, -0.25) is 0 Å². The molecule has 5 nitrogen and oxygen atoms in total. The third kappa shape index (κ3) is 3.09. The van der Waals surface area contributed by atoms with Gasteiger partial charge in [0, 0.05) is 25.0 Å².